The number of nitrogens with one attached hydrogen (secondary N) is 1. The molecular weight excluding hydrogens is 268 g/mol. The Morgan fingerprint density at radius 1 is 1.53 bits per heavy atom. The molecule has 0 aromatic carbocycles. The molecule has 7 nitrogen and oxygen atoms in total. The molecule has 0 aliphatic rings. The zero-order valence-electron chi connectivity index (χ0n) is 10.7. The molecule has 106 valence electrons. The zero-order chi connectivity index (χ0) is 14.3. The van der Waals surface area contributed by atoms with Crippen molar-refractivity contribution < 1.29 is 13.6 Å². The number of amidine groups is 1. The van der Waals surface area contributed by atoms with Gasteiger partial charge in [0, 0.05) is 12.4 Å². The Kier molecular flexibility index (Phi) is 5.71. The van der Waals surface area contributed by atoms with Crippen LogP contribution in [0.15, 0.2) is 29.7 Å². The number of sulfonamides is 1. The van der Waals surface area contributed by atoms with Crippen LogP contribution in [0, 0.1) is 0 Å². The van der Waals surface area contributed by atoms with Crippen molar-refractivity contribution in [2.75, 3.05) is 5.75 Å². The van der Waals surface area contributed by atoms with Crippen LogP contribution in [-0.2, 0) is 16.4 Å². The predicted molar refractivity (Wildman–Crippen MR) is 72.4 cm³/mol. The fraction of sp³-hybridized carbons (Fsp3) is 0.455. The van der Waals surface area contributed by atoms with Gasteiger partial charge in [-0.15, -0.1) is 0 Å². The highest BCUT2D eigenvalue weighted by Gasteiger charge is 2.19. The van der Waals surface area contributed by atoms with E-state index in [1.54, 1.807) is 31.5 Å². The van der Waals surface area contributed by atoms with E-state index >= 15 is 0 Å². The van der Waals surface area contributed by atoms with Gasteiger partial charge in [-0.3, -0.25) is 4.98 Å². The fourth-order valence-corrected chi connectivity index (χ4v) is 2.84. The molecule has 1 atom stereocenters. The molecule has 0 bridgehead atoms. The third kappa shape index (κ3) is 5.23. The lowest BCUT2D eigenvalue weighted by atomic mass is 10.2. The highest BCUT2D eigenvalue weighted by atomic mass is 32.2. The van der Waals surface area contributed by atoms with E-state index in [9.17, 15) is 8.42 Å². The van der Waals surface area contributed by atoms with Crippen molar-refractivity contribution >= 4 is 15.9 Å². The molecule has 0 radical (unpaired) electrons. The summed E-state index contributed by atoms with van der Waals surface area (Å²) >= 11 is 0. The number of hydrogen-bond donors (Lipinski definition) is 3. The summed E-state index contributed by atoms with van der Waals surface area (Å²) in [5, 5.41) is 11.4. The van der Waals surface area contributed by atoms with Gasteiger partial charge in [-0.1, -0.05) is 12.1 Å². The van der Waals surface area contributed by atoms with Crippen LogP contribution in [0.3, 0.4) is 0 Å². The third-order valence-electron chi connectivity index (χ3n) is 2.61. The second-order valence-electron chi connectivity index (χ2n) is 4.03. The molecule has 0 fully saturated rings. The minimum absolute atomic E-state index is 0.0633. The van der Waals surface area contributed by atoms with E-state index in [1.165, 1.54) is 0 Å². The van der Waals surface area contributed by atoms with Crippen molar-refractivity contribution in [1.29, 1.82) is 0 Å². The van der Waals surface area contributed by atoms with E-state index in [0.29, 0.717) is 12.8 Å². The monoisotopic (exact) mass is 286 g/mol. The molecule has 0 amide bonds. The van der Waals surface area contributed by atoms with Crippen LogP contribution in [0.5, 0.6) is 0 Å². The van der Waals surface area contributed by atoms with Crippen molar-refractivity contribution in [2.45, 2.75) is 25.8 Å². The predicted octanol–water partition coefficient (Wildman–Crippen LogP) is 0.0685. The van der Waals surface area contributed by atoms with Gasteiger partial charge in [0.25, 0.3) is 0 Å². The first-order chi connectivity index (χ1) is 8.98. The summed E-state index contributed by atoms with van der Waals surface area (Å²) < 4.78 is 26.2. The molecule has 1 rings (SSSR count). The minimum Gasteiger partial charge on any atom is -0.409 e. The van der Waals surface area contributed by atoms with Crippen LogP contribution in [0.1, 0.15) is 18.9 Å². The number of oxime groups is 1. The first-order valence-corrected chi connectivity index (χ1v) is 7.50. The Bertz CT molecular complexity index is 516. The molecular formula is C11H18N4O3S. The van der Waals surface area contributed by atoms with E-state index in [-0.39, 0.29) is 11.6 Å². The average Bonchev–Trinajstić information content (AvgIpc) is 2.43. The van der Waals surface area contributed by atoms with E-state index in [4.69, 9.17) is 10.9 Å². The Labute approximate surface area is 112 Å². The molecule has 0 spiro atoms. The highest BCUT2D eigenvalue weighted by molar-refractivity contribution is 7.89. The van der Waals surface area contributed by atoms with Crippen LogP contribution >= 0.6 is 0 Å². The molecule has 0 saturated carbocycles. The van der Waals surface area contributed by atoms with Crippen molar-refractivity contribution in [3.8, 4) is 0 Å². The zero-order valence-corrected chi connectivity index (χ0v) is 11.5. The van der Waals surface area contributed by atoms with Gasteiger partial charge < -0.3 is 10.9 Å². The average molecular weight is 286 g/mol. The van der Waals surface area contributed by atoms with Gasteiger partial charge in [0.2, 0.25) is 10.0 Å². The normalized spacial score (nSPS) is 14.3. The lowest BCUT2D eigenvalue weighted by Crippen LogP contribution is -2.45. The van der Waals surface area contributed by atoms with Gasteiger partial charge in [0.15, 0.2) is 5.84 Å². The van der Waals surface area contributed by atoms with Crippen LogP contribution in [0.25, 0.3) is 0 Å². The Morgan fingerprint density at radius 3 is 2.68 bits per heavy atom. The lowest BCUT2D eigenvalue weighted by Gasteiger charge is -2.15. The quantitative estimate of drug-likeness (QED) is 0.284. The topological polar surface area (TPSA) is 118 Å². The van der Waals surface area contributed by atoms with Gasteiger partial charge >= 0.3 is 0 Å². The maximum atomic E-state index is 11.9. The van der Waals surface area contributed by atoms with E-state index in [1.807, 2.05) is 0 Å². The summed E-state index contributed by atoms with van der Waals surface area (Å²) in [6, 6.07) is 2.83. The lowest BCUT2D eigenvalue weighted by molar-refractivity contribution is 0.315. The maximum absolute atomic E-state index is 11.9. The number of nitrogens with two attached hydrogens (primary N) is 1. The van der Waals surface area contributed by atoms with Crippen LogP contribution < -0.4 is 10.5 Å². The molecule has 1 unspecified atom stereocenters. The molecule has 0 aliphatic heterocycles. The number of pyridine rings is 1. The number of aromatic nitrogens is 1. The van der Waals surface area contributed by atoms with Gasteiger partial charge in [-0.25, -0.2) is 13.1 Å². The van der Waals surface area contributed by atoms with E-state index in [0.717, 1.165) is 5.56 Å². The van der Waals surface area contributed by atoms with Crippen molar-refractivity contribution in [2.24, 2.45) is 10.9 Å². The van der Waals surface area contributed by atoms with Gasteiger partial charge in [-0.05, 0) is 30.5 Å². The van der Waals surface area contributed by atoms with Gasteiger partial charge in [-0.2, -0.15) is 0 Å². The van der Waals surface area contributed by atoms with Crippen LogP contribution in [0.2, 0.25) is 0 Å². The maximum Gasteiger partial charge on any atom is 0.212 e. The molecule has 1 aromatic heterocycles. The molecule has 1 heterocycles. The van der Waals surface area contributed by atoms with E-state index < -0.39 is 16.1 Å². The van der Waals surface area contributed by atoms with Gasteiger partial charge in [0.1, 0.15) is 0 Å². The highest BCUT2D eigenvalue weighted by Crippen LogP contribution is 2.02. The molecule has 1 aromatic rings. The van der Waals surface area contributed by atoms with Crippen molar-refractivity contribution in [1.82, 2.24) is 9.71 Å². The van der Waals surface area contributed by atoms with Crippen molar-refractivity contribution in [3.63, 3.8) is 0 Å². The first-order valence-electron chi connectivity index (χ1n) is 5.85. The third-order valence-corrected chi connectivity index (χ3v) is 4.00. The second-order valence-corrected chi connectivity index (χ2v) is 5.90. The van der Waals surface area contributed by atoms with Crippen molar-refractivity contribution in [3.05, 3.63) is 30.1 Å². The Balaban J connectivity index is 2.61. The summed E-state index contributed by atoms with van der Waals surface area (Å²) in [6.45, 7) is 1.74. The SMILES string of the molecule is CCC(NS(=O)(=O)CCc1ccncc1)/C(N)=N/O. The number of nitrogens with zero attached hydrogens (tertiary/aromatic N) is 2. The summed E-state index contributed by atoms with van der Waals surface area (Å²) in [5.74, 6) is -0.207. The number of rotatable bonds is 7. The summed E-state index contributed by atoms with van der Waals surface area (Å²) in [7, 11) is -3.49. The summed E-state index contributed by atoms with van der Waals surface area (Å²) in [5.41, 5.74) is 6.29. The number of hydrogen-bond acceptors (Lipinski definition) is 5. The van der Waals surface area contributed by atoms with Crippen LogP contribution in [-0.4, -0.2) is 36.2 Å². The molecule has 0 aliphatic carbocycles. The molecule has 19 heavy (non-hydrogen) atoms. The van der Waals surface area contributed by atoms with Gasteiger partial charge in [0.05, 0.1) is 11.8 Å². The molecule has 4 N–H and O–H groups in total. The largest absolute Gasteiger partial charge is 0.409 e. The first kappa shape index (κ1) is 15.4. The molecule has 0 saturated heterocycles. The summed E-state index contributed by atoms with van der Waals surface area (Å²) in [4.78, 5) is 3.86. The Morgan fingerprint density at radius 2 is 2.16 bits per heavy atom. The summed E-state index contributed by atoms with van der Waals surface area (Å²) in [6.07, 6.45) is 4.01. The number of aryl methyl sites for hydroxylation is 1. The standard InChI is InChI=1S/C11H18N4O3S/c1-2-10(11(12)14-16)15-19(17,18)8-5-9-3-6-13-7-4-9/h3-4,6-7,10,15-16H,2,5,8H2,1H3,(H2,12,14). The Hall–Kier alpha value is -1.67. The molecule has 8 heteroatoms. The van der Waals surface area contributed by atoms with E-state index in [2.05, 4.69) is 14.9 Å². The minimum atomic E-state index is -3.49. The smallest absolute Gasteiger partial charge is 0.212 e. The fourth-order valence-electron chi connectivity index (χ4n) is 1.50. The van der Waals surface area contributed by atoms with Crippen LogP contribution in [0.4, 0.5) is 0 Å². The second kappa shape index (κ2) is 7.05.